The first-order valence-electron chi connectivity index (χ1n) is 12.0. The van der Waals surface area contributed by atoms with E-state index in [-0.39, 0.29) is 11.9 Å². The number of aromatic nitrogens is 4. The van der Waals surface area contributed by atoms with Crippen LogP contribution in [0, 0.1) is 0 Å². The fraction of sp³-hybridized carbons (Fsp3) is 0.269. The Labute approximate surface area is 219 Å². The number of hydrogen-bond acceptors (Lipinski definition) is 10. The number of carbonyl (C=O) groups excluding carboxylic acids is 1. The van der Waals surface area contributed by atoms with Gasteiger partial charge in [0.15, 0.2) is 5.13 Å². The van der Waals surface area contributed by atoms with Crippen LogP contribution in [0.3, 0.4) is 0 Å². The van der Waals surface area contributed by atoms with Gasteiger partial charge in [0, 0.05) is 56.6 Å². The quantitative estimate of drug-likeness (QED) is 0.323. The number of nitrogens with zero attached hydrogens (tertiary/aromatic N) is 6. The van der Waals surface area contributed by atoms with Crippen LogP contribution in [0.25, 0.3) is 22.2 Å². The molecule has 5 rings (SSSR count). The van der Waals surface area contributed by atoms with Crippen molar-refractivity contribution in [2.45, 2.75) is 18.9 Å². The summed E-state index contributed by atoms with van der Waals surface area (Å²) in [5.41, 5.74) is 1.85. The molecule has 1 fully saturated rings. The zero-order chi connectivity index (χ0) is 25.8. The van der Waals surface area contributed by atoms with Crippen molar-refractivity contribution in [1.82, 2.24) is 25.1 Å². The molecule has 2 N–H and O–H groups in total. The van der Waals surface area contributed by atoms with Crippen molar-refractivity contribution in [3.63, 3.8) is 0 Å². The highest BCUT2D eigenvalue weighted by Gasteiger charge is 2.23. The zero-order valence-corrected chi connectivity index (χ0v) is 21.5. The summed E-state index contributed by atoms with van der Waals surface area (Å²) >= 11 is 1.41. The summed E-state index contributed by atoms with van der Waals surface area (Å²) in [6.45, 7) is 4.98. The van der Waals surface area contributed by atoms with Crippen molar-refractivity contribution in [2.24, 2.45) is 0 Å². The molecule has 1 saturated heterocycles. The zero-order valence-electron chi connectivity index (χ0n) is 20.7. The van der Waals surface area contributed by atoms with Crippen LogP contribution < -0.4 is 15.5 Å². The maximum absolute atomic E-state index is 12.1. The molecule has 3 aromatic heterocycles. The third kappa shape index (κ3) is 5.78. The third-order valence-electron chi connectivity index (χ3n) is 5.98. The van der Waals surface area contributed by atoms with Gasteiger partial charge in [-0.15, -0.1) is 10.2 Å². The van der Waals surface area contributed by atoms with Gasteiger partial charge in [-0.25, -0.2) is 9.97 Å². The van der Waals surface area contributed by atoms with Crippen LogP contribution in [-0.2, 0) is 4.79 Å². The van der Waals surface area contributed by atoms with Gasteiger partial charge >= 0.3 is 0 Å². The van der Waals surface area contributed by atoms with Crippen LogP contribution in [0.4, 0.5) is 22.5 Å². The second kappa shape index (κ2) is 10.8. The van der Waals surface area contributed by atoms with E-state index in [4.69, 9.17) is 9.40 Å². The van der Waals surface area contributed by atoms with Gasteiger partial charge in [0.25, 0.3) is 5.89 Å². The van der Waals surface area contributed by atoms with Gasteiger partial charge in [-0.05, 0) is 31.1 Å². The Morgan fingerprint density at radius 2 is 1.97 bits per heavy atom. The van der Waals surface area contributed by atoms with E-state index in [2.05, 4.69) is 32.4 Å². The normalized spacial score (nSPS) is 15.3. The predicted octanol–water partition coefficient (Wildman–Crippen LogP) is 4.65. The number of likely N-dealkylation sites (tertiary alicyclic amines) is 1. The Hall–Kier alpha value is -4.25. The molecule has 0 radical (unpaired) electrons. The molecule has 1 aliphatic rings. The Kier molecular flexibility index (Phi) is 7.13. The summed E-state index contributed by atoms with van der Waals surface area (Å²) in [5, 5.41) is 15.8. The van der Waals surface area contributed by atoms with Gasteiger partial charge in [0.2, 0.25) is 11.8 Å². The first-order chi connectivity index (χ1) is 18.0. The first kappa shape index (κ1) is 24.4. The van der Waals surface area contributed by atoms with Crippen LogP contribution in [0.5, 0.6) is 0 Å². The average molecular weight is 517 g/mol. The summed E-state index contributed by atoms with van der Waals surface area (Å²) in [6.07, 6.45) is 4.97. The van der Waals surface area contributed by atoms with Crippen molar-refractivity contribution >= 4 is 39.7 Å². The van der Waals surface area contributed by atoms with Crippen LogP contribution in [-0.4, -0.2) is 64.2 Å². The minimum atomic E-state index is -0.0411. The van der Waals surface area contributed by atoms with Crippen molar-refractivity contribution in [3.8, 4) is 22.2 Å². The molecule has 0 aliphatic carbocycles. The van der Waals surface area contributed by atoms with Crippen LogP contribution in [0.15, 0.2) is 65.7 Å². The third-order valence-corrected chi connectivity index (χ3v) is 6.88. The number of carbonyl (C=O) groups is 1. The molecular formula is C26H28N8O2S. The molecule has 1 aromatic carbocycles. The molecule has 1 aliphatic heterocycles. The lowest BCUT2D eigenvalue weighted by Crippen LogP contribution is -2.44. The van der Waals surface area contributed by atoms with E-state index in [0.29, 0.717) is 29.3 Å². The lowest BCUT2D eigenvalue weighted by molar-refractivity contribution is -0.127. The predicted molar refractivity (Wildman–Crippen MR) is 146 cm³/mol. The molecular weight excluding hydrogens is 488 g/mol. The number of pyridine rings is 1. The Bertz CT molecular complexity index is 1380. The average Bonchev–Trinajstić information content (AvgIpc) is 3.59. The van der Waals surface area contributed by atoms with Crippen LogP contribution in [0.1, 0.15) is 12.8 Å². The van der Waals surface area contributed by atoms with Gasteiger partial charge in [-0.3, -0.25) is 4.79 Å². The molecule has 4 heterocycles. The monoisotopic (exact) mass is 516 g/mol. The highest BCUT2D eigenvalue weighted by Crippen LogP contribution is 2.32. The number of rotatable bonds is 8. The molecule has 0 saturated carbocycles. The molecule has 0 unspecified atom stereocenters. The topological polar surface area (TPSA) is 112 Å². The lowest BCUT2D eigenvalue weighted by atomic mass is 10.1. The van der Waals surface area contributed by atoms with Gasteiger partial charge in [-0.1, -0.05) is 36.1 Å². The van der Waals surface area contributed by atoms with Crippen molar-refractivity contribution in [1.29, 1.82) is 0 Å². The van der Waals surface area contributed by atoms with Gasteiger partial charge in [0.1, 0.15) is 16.5 Å². The fourth-order valence-corrected chi connectivity index (χ4v) is 4.85. The molecule has 11 heteroatoms. The standard InChI is InChI=1S/C26H28N8O2S/c1-4-23(35)34-12-8-11-18(16-34)28-21-13-19(33(2)3)14-22(29-21)30-26-27-15-20(37-26)25-32-31-24(36-25)17-9-6-5-7-10-17/h4-7,9-10,13-15,18H,1,8,11-12,16H2,2-3H3,(H2,27,28,29,30)/t18-/m0/s1. The molecule has 0 spiro atoms. The van der Waals surface area contributed by atoms with Crippen molar-refractivity contribution < 1.29 is 9.21 Å². The summed E-state index contributed by atoms with van der Waals surface area (Å²) in [7, 11) is 3.96. The number of piperidine rings is 1. The lowest BCUT2D eigenvalue weighted by Gasteiger charge is -2.33. The second-order valence-electron chi connectivity index (χ2n) is 8.90. The van der Waals surface area contributed by atoms with Gasteiger partial charge < -0.3 is 24.9 Å². The number of benzene rings is 1. The summed E-state index contributed by atoms with van der Waals surface area (Å²) in [6, 6.07) is 13.7. The van der Waals surface area contributed by atoms with E-state index < -0.39 is 0 Å². The van der Waals surface area contributed by atoms with E-state index in [0.717, 1.165) is 41.3 Å². The van der Waals surface area contributed by atoms with E-state index >= 15 is 0 Å². The highest BCUT2D eigenvalue weighted by molar-refractivity contribution is 7.18. The number of anilines is 4. The maximum Gasteiger partial charge on any atom is 0.259 e. The minimum Gasteiger partial charge on any atom is -0.415 e. The van der Waals surface area contributed by atoms with Crippen LogP contribution >= 0.6 is 11.3 Å². The number of amides is 1. The van der Waals surface area contributed by atoms with E-state index in [1.165, 1.54) is 17.4 Å². The SMILES string of the molecule is C=CC(=O)N1CCC[C@H](Nc2cc(N(C)C)cc(Nc3ncc(-c4nnc(-c5ccccc5)o4)s3)n2)C1. The summed E-state index contributed by atoms with van der Waals surface area (Å²) in [5.74, 6) is 2.22. The Balaban J connectivity index is 1.32. The van der Waals surface area contributed by atoms with Crippen molar-refractivity contribution in [2.75, 3.05) is 42.7 Å². The smallest absolute Gasteiger partial charge is 0.259 e. The van der Waals surface area contributed by atoms with Crippen LogP contribution in [0.2, 0.25) is 0 Å². The molecule has 0 bridgehead atoms. The Morgan fingerprint density at radius 1 is 1.19 bits per heavy atom. The van der Waals surface area contributed by atoms with Gasteiger partial charge in [0.05, 0.1) is 6.20 Å². The molecule has 1 atom stereocenters. The molecule has 4 aromatic rings. The summed E-state index contributed by atoms with van der Waals surface area (Å²) < 4.78 is 5.86. The Morgan fingerprint density at radius 3 is 2.76 bits per heavy atom. The first-order valence-corrected chi connectivity index (χ1v) is 12.8. The van der Waals surface area contributed by atoms with E-state index in [1.807, 2.05) is 66.4 Å². The number of thiazole rings is 1. The fourth-order valence-electron chi connectivity index (χ4n) is 4.11. The number of nitrogens with one attached hydrogen (secondary N) is 2. The summed E-state index contributed by atoms with van der Waals surface area (Å²) in [4.78, 5) is 25.9. The molecule has 190 valence electrons. The highest BCUT2D eigenvalue weighted by atomic mass is 32.1. The van der Waals surface area contributed by atoms with Gasteiger partial charge in [-0.2, -0.15) is 0 Å². The van der Waals surface area contributed by atoms with E-state index in [9.17, 15) is 4.79 Å². The number of hydrogen-bond donors (Lipinski definition) is 2. The van der Waals surface area contributed by atoms with E-state index in [1.54, 1.807) is 6.20 Å². The molecule has 37 heavy (non-hydrogen) atoms. The second-order valence-corrected chi connectivity index (χ2v) is 9.93. The minimum absolute atomic E-state index is 0.0411. The maximum atomic E-state index is 12.1. The van der Waals surface area contributed by atoms with Crippen molar-refractivity contribution in [3.05, 3.63) is 61.3 Å². The molecule has 1 amide bonds. The largest absolute Gasteiger partial charge is 0.415 e. The molecule has 10 nitrogen and oxygen atoms in total.